The van der Waals surface area contributed by atoms with Crippen molar-refractivity contribution in [2.75, 3.05) is 19.6 Å². The minimum absolute atomic E-state index is 0.0382. The number of nitrogens with one attached hydrogen (secondary N) is 1. The standard InChI is InChI=1S/C16H26N2O3/c1-13(18-9-5-3-4-6-10-18)15(19)17-12-16(2,20)14-8-7-11-21-14/h7-8,11,13,20H,3-6,9-10,12H2,1-2H3,(H,17,19). The highest BCUT2D eigenvalue weighted by atomic mass is 16.4. The Kier molecular flexibility index (Phi) is 5.42. The van der Waals surface area contributed by atoms with Gasteiger partial charge in [-0.2, -0.15) is 0 Å². The molecule has 0 bridgehead atoms. The van der Waals surface area contributed by atoms with Gasteiger partial charge < -0.3 is 14.8 Å². The highest BCUT2D eigenvalue weighted by molar-refractivity contribution is 5.81. The van der Waals surface area contributed by atoms with Crippen molar-refractivity contribution in [1.82, 2.24) is 10.2 Å². The summed E-state index contributed by atoms with van der Waals surface area (Å²) in [7, 11) is 0. The fourth-order valence-corrected chi connectivity index (χ4v) is 2.73. The van der Waals surface area contributed by atoms with Crippen molar-refractivity contribution in [2.45, 2.75) is 51.2 Å². The zero-order valence-electron chi connectivity index (χ0n) is 13.0. The van der Waals surface area contributed by atoms with Crippen LogP contribution >= 0.6 is 0 Å². The first-order valence-electron chi connectivity index (χ1n) is 7.79. The Balaban J connectivity index is 1.86. The van der Waals surface area contributed by atoms with E-state index in [2.05, 4.69) is 10.2 Å². The van der Waals surface area contributed by atoms with Gasteiger partial charge in [0.15, 0.2) is 0 Å². The van der Waals surface area contributed by atoms with Gasteiger partial charge in [-0.05, 0) is 51.9 Å². The monoisotopic (exact) mass is 294 g/mol. The Hall–Kier alpha value is -1.33. The zero-order chi connectivity index (χ0) is 15.3. The Bertz CT molecular complexity index is 434. The number of likely N-dealkylation sites (tertiary alicyclic amines) is 1. The average Bonchev–Trinajstić information content (AvgIpc) is 2.88. The van der Waals surface area contributed by atoms with Gasteiger partial charge in [-0.3, -0.25) is 9.69 Å². The van der Waals surface area contributed by atoms with Gasteiger partial charge in [-0.15, -0.1) is 0 Å². The maximum absolute atomic E-state index is 12.3. The number of aliphatic hydroxyl groups is 1. The summed E-state index contributed by atoms with van der Waals surface area (Å²) in [6.07, 6.45) is 6.32. The van der Waals surface area contributed by atoms with Gasteiger partial charge in [0.2, 0.25) is 5.91 Å². The van der Waals surface area contributed by atoms with Gasteiger partial charge in [0.1, 0.15) is 11.4 Å². The molecular weight excluding hydrogens is 268 g/mol. The van der Waals surface area contributed by atoms with E-state index in [9.17, 15) is 9.90 Å². The molecule has 2 unspecified atom stereocenters. The van der Waals surface area contributed by atoms with E-state index in [1.807, 2.05) is 6.92 Å². The highest BCUT2D eigenvalue weighted by Gasteiger charge is 2.29. The van der Waals surface area contributed by atoms with Crippen LogP contribution < -0.4 is 5.32 Å². The molecule has 1 saturated heterocycles. The molecule has 0 spiro atoms. The lowest BCUT2D eigenvalue weighted by molar-refractivity contribution is -0.127. The summed E-state index contributed by atoms with van der Waals surface area (Å²) in [5, 5.41) is 13.2. The van der Waals surface area contributed by atoms with E-state index in [1.165, 1.54) is 19.1 Å². The molecular formula is C16H26N2O3. The summed E-state index contributed by atoms with van der Waals surface area (Å²) >= 11 is 0. The van der Waals surface area contributed by atoms with Crippen molar-refractivity contribution in [3.63, 3.8) is 0 Å². The lowest BCUT2D eigenvalue weighted by atomic mass is 10.0. The number of carbonyl (C=O) groups is 1. The van der Waals surface area contributed by atoms with Crippen LogP contribution in [0.25, 0.3) is 0 Å². The van der Waals surface area contributed by atoms with Crippen LogP contribution in [0.1, 0.15) is 45.3 Å². The van der Waals surface area contributed by atoms with Gasteiger partial charge in [-0.25, -0.2) is 0 Å². The average molecular weight is 294 g/mol. The highest BCUT2D eigenvalue weighted by Crippen LogP contribution is 2.20. The van der Waals surface area contributed by atoms with E-state index in [-0.39, 0.29) is 18.5 Å². The largest absolute Gasteiger partial charge is 0.466 e. The van der Waals surface area contributed by atoms with Crippen LogP contribution in [0.15, 0.2) is 22.8 Å². The molecule has 1 amide bonds. The molecule has 1 fully saturated rings. The third-order valence-corrected chi connectivity index (χ3v) is 4.23. The van der Waals surface area contributed by atoms with E-state index in [1.54, 1.807) is 19.1 Å². The van der Waals surface area contributed by atoms with E-state index >= 15 is 0 Å². The Morgan fingerprint density at radius 2 is 2.10 bits per heavy atom. The second-order valence-electron chi connectivity index (χ2n) is 6.10. The van der Waals surface area contributed by atoms with Crippen LogP contribution in [0.3, 0.4) is 0 Å². The molecule has 21 heavy (non-hydrogen) atoms. The molecule has 0 aromatic carbocycles. The van der Waals surface area contributed by atoms with Crippen LogP contribution in [-0.4, -0.2) is 41.6 Å². The van der Waals surface area contributed by atoms with E-state index in [0.717, 1.165) is 25.9 Å². The smallest absolute Gasteiger partial charge is 0.237 e. The maximum Gasteiger partial charge on any atom is 0.237 e. The second kappa shape index (κ2) is 7.09. The zero-order valence-corrected chi connectivity index (χ0v) is 13.0. The van der Waals surface area contributed by atoms with Crippen LogP contribution in [0.5, 0.6) is 0 Å². The number of furan rings is 1. The molecule has 5 nitrogen and oxygen atoms in total. The number of hydrogen-bond acceptors (Lipinski definition) is 4. The van der Waals surface area contributed by atoms with Crippen molar-refractivity contribution >= 4 is 5.91 Å². The Morgan fingerprint density at radius 3 is 2.67 bits per heavy atom. The topological polar surface area (TPSA) is 65.7 Å². The Morgan fingerprint density at radius 1 is 1.43 bits per heavy atom. The first-order valence-corrected chi connectivity index (χ1v) is 7.79. The minimum atomic E-state index is -1.18. The molecule has 2 rings (SSSR count). The van der Waals surface area contributed by atoms with Gasteiger partial charge in [0.25, 0.3) is 0 Å². The first kappa shape index (κ1) is 16.0. The maximum atomic E-state index is 12.3. The van der Waals surface area contributed by atoms with E-state index < -0.39 is 5.60 Å². The van der Waals surface area contributed by atoms with E-state index in [0.29, 0.717) is 5.76 Å². The molecule has 0 radical (unpaired) electrons. The molecule has 0 saturated carbocycles. The van der Waals surface area contributed by atoms with Crippen LogP contribution in [0.4, 0.5) is 0 Å². The lowest BCUT2D eigenvalue weighted by Gasteiger charge is -2.28. The number of hydrogen-bond donors (Lipinski definition) is 2. The van der Waals surface area contributed by atoms with Gasteiger partial charge in [-0.1, -0.05) is 12.8 Å². The second-order valence-corrected chi connectivity index (χ2v) is 6.10. The van der Waals surface area contributed by atoms with Crippen LogP contribution in [-0.2, 0) is 10.4 Å². The fraction of sp³-hybridized carbons (Fsp3) is 0.688. The first-order chi connectivity index (χ1) is 10.0. The van der Waals surface area contributed by atoms with Crippen molar-refractivity contribution < 1.29 is 14.3 Å². The molecule has 1 aliphatic heterocycles. The molecule has 2 heterocycles. The normalized spacial score (nSPS) is 21.3. The molecule has 118 valence electrons. The third-order valence-electron chi connectivity index (χ3n) is 4.23. The summed E-state index contributed by atoms with van der Waals surface area (Å²) in [5.74, 6) is 0.425. The van der Waals surface area contributed by atoms with Crippen molar-refractivity contribution in [3.8, 4) is 0 Å². The van der Waals surface area contributed by atoms with Crippen LogP contribution in [0, 0.1) is 0 Å². The van der Waals surface area contributed by atoms with Gasteiger partial charge >= 0.3 is 0 Å². The van der Waals surface area contributed by atoms with Crippen molar-refractivity contribution in [2.24, 2.45) is 0 Å². The number of nitrogens with zero attached hydrogens (tertiary/aromatic N) is 1. The number of amides is 1. The SMILES string of the molecule is CC(C(=O)NCC(C)(O)c1ccco1)N1CCCCCC1. The molecule has 2 atom stereocenters. The molecule has 0 aliphatic carbocycles. The third kappa shape index (κ3) is 4.32. The lowest BCUT2D eigenvalue weighted by Crippen LogP contribution is -2.48. The number of carbonyl (C=O) groups excluding carboxylic acids is 1. The molecule has 1 aromatic rings. The van der Waals surface area contributed by atoms with Crippen LogP contribution in [0.2, 0.25) is 0 Å². The number of rotatable bonds is 5. The van der Waals surface area contributed by atoms with E-state index in [4.69, 9.17) is 4.42 Å². The van der Waals surface area contributed by atoms with Crippen molar-refractivity contribution in [3.05, 3.63) is 24.2 Å². The van der Waals surface area contributed by atoms with Gasteiger partial charge in [0.05, 0.1) is 18.8 Å². The summed E-state index contributed by atoms with van der Waals surface area (Å²) in [6, 6.07) is 3.28. The summed E-state index contributed by atoms with van der Waals surface area (Å²) in [6.45, 7) is 5.68. The molecule has 1 aromatic heterocycles. The Labute approximate surface area is 126 Å². The van der Waals surface area contributed by atoms with Crippen molar-refractivity contribution in [1.29, 1.82) is 0 Å². The summed E-state index contributed by atoms with van der Waals surface area (Å²) < 4.78 is 5.21. The summed E-state index contributed by atoms with van der Waals surface area (Å²) in [4.78, 5) is 14.5. The quantitative estimate of drug-likeness (QED) is 0.870. The van der Waals surface area contributed by atoms with Gasteiger partial charge in [0, 0.05) is 0 Å². The predicted molar refractivity (Wildman–Crippen MR) is 80.8 cm³/mol. The molecule has 5 heteroatoms. The predicted octanol–water partition coefficient (Wildman–Crippen LogP) is 1.87. The molecule has 1 aliphatic rings. The minimum Gasteiger partial charge on any atom is -0.466 e. The summed E-state index contributed by atoms with van der Waals surface area (Å²) in [5.41, 5.74) is -1.18. The fourth-order valence-electron chi connectivity index (χ4n) is 2.73. The molecule has 2 N–H and O–H groups in total.